The molecule has 0 radical (unpaired) electrons. The Morgan fingerprint density at radius 2 is 1.78 bits per heavy atom. The number of halogens is 1. The zero-order valence-corrected chi connectivity index (χ0v) is 21.8. The van der Waals surface area contributed by atoms with Crippen LogP contribution in [0.25, 0.3) is 6.08 Å². The Morgan fingerprint density at radius 3 is 2.44 bits per heavy atom. The van der Waals surface area contributed by atoms with Gasteiger partial charge >= 0.3 is 0 Å². The largest absolute Gasteiger partial charge is 0.497 e. The highest BCUT2D eigenvalue weighted by Crippen LogP contribution is 2.38. The fraction of sp³-hybridized carbons (Fsp3) is 0.280. The summed E-state index contributed by atoms with van der Waals surface area (Å²) >= 11 is 7.79. The van der Waals surface area contributed by atoms with Gasteiger partial charge in [0.25, 0.3) is 5.91 Å². The third-order valence-corrected chi connectivity index (χ3v) is 6.67. The van der Waals surface area contributed by atoms with E-state index in [1.54, 1.807) is 25.3 Å². The van der Waals surface area contributed by atoms with Crippen LogP contribution < -0.4 is 18.9 Å². The zero-order chi connectivity index (χ0) is 25.8. The molecule has 0 saturated carbocycles. The normalized spacial score (nSPS) is 16.2. The zero-order valence-electron chi connectivity index (χ0n) is 20.2. The van der Waals surface area contributed by atoms with Crippen LogP contribution in [-0.4, -0.2) is 54.4 Å². The van der Waals surface area contributed by atoms with Gasteiger partial charge in [-0.1, -0.05) is 25.4 Å². The van der Waals surface area contributed by atoms with Crippen LogP contribution in [0, 0.1) is 11.3 Å². The van der Waals surface area contributed by atoms with Crippen molar-refractivity contribution in [1.82, 2.24) is 5.01 Å². The summed E-state index contributed by atoms with van der Waals surface area (Å²) in [5, 5.41) is 15.8. The van der Waals surface area contributed by atoms with Crippen LogP contribution in [0.2, 0.25) is 5.02 Å². The first kappa shape index (κ1) is 25.6. The van der Waals surface area contributed by atoms with E-state index in [0.717, 1.165) is 10.8 Å². The number of amidine groups is 2. The van der Waals surface area contributed by atoms with Gasteiger partial charge in [0.15, 0.2) is 17.3 Å². The lowest BCUT2D eigenvalue weighted by Gasteiger charge is -2.20. The van der Waals surface area contributed by atoms with Crippen molar-refractivity contribution in [2.24, 2.45) is 16.0 Å². The number of methoxy groups -OCH3 is 2. The van der Waals surface area contributed by atoms with E-state index in [1.165, 1.54) is 23.9 Å². The second-order valence-electron chi connectivity index (χ2n) is 8.02. The molecule has 0 aromatic heterocycles. The maximum atomic E-state index is 12.7. The van der Waals surface area contributed by atoms with Crippen LogP contribution in [0.15, 0.2) is 52.1 Å². The molecule has 0 aliphatic carbocycles. The third kappa shape index (κ3) is 5.50. The van der Waals surface area contributed by atoms with E-state index >= 15 is 0 Å². The summed E-state index contributed by atoms with van der Waals surface area (Å²) in [5.41, 5.74) is 0.665. The maximum absolute atomic E-state index is 12.7. The Labute approximate surface area is 218 Å². The number of aliphatic imine (C=N–C) groups is 1. The Morgan fingerprint density at radius 1 is 1.08 bits per heavy atom. The van der Waals surface area contributed by atoms with Gasteiger partial charge in [-0.3, -0.25) is 10.2 Å². The minimum absolute atomic E-state index is 0.0424. The topological polar surface area (TPSA) is 106 Å². The fourth-order valence-electron chi connectivity index (χ4n) is 3.35. The van der Waals surface area contributed by atoms with Crippen molar-refractivity contribution in [2.45, 2.75) is 13.8 Å². The lowest BCUT2D eigenvalue weighted by atomic mass is 10.1. The van der Waals surface area contributed by atoms with E-state index in [1.807, 2.05) is 38.1 Å². The molecule has 36 heavy (non-hydrogen) atoms. The maximum Gasteiger partial charge on any atom is 0.283 e. The SMILES string of the molecule is COc1ccc(OCCOc2c(Cl)cc(C=C3C(=N)N4N=C(C(C)C)SC4=NC3=O)cc2OC)cc1. The minimum Gasteiger partial charge on any atom is -0.497 e. The van der Waals surface area contributed by atoms with Crippen LogP contribution in [0.5, 0.6) is 23.0 Å². The number of rotatable bonds is 9. The second kappa shape index (κ2) is 11.0. The molecule has 0 bridgehead atoms. The highest BCUT2D eigenvalue weighted by atomic mass is 35.5. The Balaban J connectivity index is 1.47. The quantitative estimate of drug-likeness (QED) is 0.357. The molecule has 2 aliphatic heterocycles. The molecule has 2 aliphatic rings. The molecule has 1 N–H and O–H groups in total. The van der Waals surface area contributed by atoms with E-state index in [9.17, 15) is 4.79 Å². The summed E-state index contributed by atoms with van der Waals surface area (Å²) in [6.45, 7) is 4.51. The molecule has 188 valence electrons. The van der Waals surface area contributed by atoms with Crippen LogP contribution in [0.1, 0.15) is 19.4 Å². The lowest BCUT2D eigenvalue weighted by molar-refractivity contribution is -0.114. The van der Waals surface area contributed by atoms with Crippen molar-refractivity contribution < 1.29 is 23.7 Å². The van der Waals surface area contributed by atoms with Gasteiger partial charge in [-0.15, -0.1) is 0 Å². The van der Waals surface area contributed by atoms with E-state index in [0.29, 0.717) is 33.0 Å². The lowest BCUT2D eigenvalue weighted by Crippen LogP contribution is -2.35. The van der Waals surface area contributed by atoms with Crippen LogP contribution in [-0.2, 0) is 4.79 Å². The van der Waals surface area contributed by atoms with Crippen molar-refractivity contribution in [3.8, 4) is 23.0 Å². The number of nitrogens with zero attached hydrogens (tertiary/aromatic N) is 3. The molecule has 0 spiro atoms. The third-order valence-electron chi connectivity index (χ3n) is 5.18. The highest BCUT2D eigenvalue weighted by Gasteiger charge is 2.36. The molecule has 0 atom stereocenters. The van der Waals surface area contributed by atoms with Crippen molar-refractivity contribution in [1.29, 1.82) is 5.41 Å². The van der Waals surface area contributed by atoms with E-state index in [4.69, 9.17) is 36.0 Å². The predicted molar refractivity (Wildman–Crippen MR) is 142 cm³/mol. The van der Waals surface area contributed by atoms with E-state index < -0.39 is 5.91 Å². The van der Waals surface area contributed by atoms with Gasteiger partial charge in [0.2, 0.25) is 5.17 Å². The number of ether oxygens (including phenoxy) is 4. The Kier molecular flexibility index (Phi) is 7.85. The van der Waals surface area contributed by atoms with Crippen LogP contribution >= 0.6 is 23.4 Å². The summed E-state index contributed by atoms with van der Waals surface area (Å²) in [4.78, 5) is 16.8. The Hall–Kier alpha value is -3.50. The summed E-state index contributed by atoms with van der Waals surface area (Å²) in [6, 6.07) is 10.6. The van der Waals surface area contributed by atoms with Gasteiger partial charge in [0, 0.05) is 5.92 Å². The number of benzene rings is 2. The van der Waals surface area contributed by atoms with Crippen molar-refractivity contribution in [3.05, 3.63) is 52.6 Å². The van der Waals surface area contributed by atoms with Crippen molar-refractivity contribution >= 4 is 51.4 Å². The first-order valence-electron chi connectivity index (χ1n) is 11.1. The molecule has 11 heteroatoms. The van der Waals surface area contributed by atoms with Gasteiger partial charge in [-0.25, -0.2) is 0 Å². The van der Waals surface area contributed by atoms with Crippen molar-refractivity contribution in [3.63, 3.8) is 0 Å². The average Bonchev–Trinajstić information content (AvgIpc) is 3.30. The monoisotopic (exact) mass is 528 g/mol. The Bertz CT molecular complexity index is 1270. The van der Waals surface area contributed by atoms with Crippen LogP contribution in [0.3, 0.4) is 0 Å². The molecule has 0 unspecified atom stereocenters. The average molecular weight is 529 g/mol. The number of thioether (sulfide) groups is 1. The first-order chi connectivity index (χ1) is 17.3. The van der Waals surface area contributed by atoms with E-state index in [-0.39, 0.29) is 30.5 Å². The summed E-state index contributed by atoms with van der Waals surface area (Å²) in [5.74, 6) is 1.78. The highest BCUT2D eigenvalue weighted by molar-refractivity contribution is 8.27. The molecule has 2 aromatic rings. The number of fused-ring (bicyclic) bond motifs is 1. The summed E-state index contributed by atoms with van der Waals surface area (Å²) in [6.07, 6.45) is 1.55. The minimum atomic E-state index is -0.509. The van der Waals surface area contributed by atoms with E-state index in [2.05, 4.69) is 10.1 Å². The number of amides is 1. The molecule has 0 fully saturated rings. The number of nitrogens with one attached hydrogen (secondary N) is 1. The number of carbonyl (C=O) groups excluding carboxylic acids is 1. The molecule has 2 heterocycles. The number of hydrogen-bond donors (Lipinski definition) is 1. The smallest absolute Gasteiger partial charge is 0.283 e. The number of hydrogen-bond acceptors (Lipinski definition) is 8. The van der Waals surface area contributed by atoms with Gasteiger partial charge in [0.05, 0.1) is 24.8 Å². The molecule has 2 aromatic carbocycles. The molecular formula is C25H25ClN4O5S. The molecule has 0 saturated heterocycles. The first-order valence-corrected chi connectivity index (χ1v) is 12.3. The predicted octanol–water partition coefficient (Wildman–Crippen LogP) is 5.09. The van der Waals surface area contributed by atoms with Gasteiger partial charge in [-0.2, -0.15) is 15.1 Å². The molecule has 4 rings (SSSR count). The molecular weight excluding hydrogens is 504 g/mol. The van der Waals surface area contributed by atoms with Gasteiger partial charge < -0.3 is 18.9 Å². The second-order valence-corrected chi connectivity index (χ2v) is 9.41. The van der Waals surface area contributed by atoms with Crippen molar-refractivity contribution in [2.75, 3.05) is 27.4 Å². The number of carbonyl (C=O) groups is 1. The molecule has 9 nitrogen and oxygen atoms in total. The molecule has 1 amide bonds. The van der Waals surface area contributed by atoms with Gasteiger partial charge in [-0.05, 0) is 59.8 Å². The number of hydrazone groups is 1. The summed E-state index contributed by atoms with van der Waals surface area (Å²) < 4.78 is 22.1. The fourth-order valence-corrected chi connectivity index (χ4v) is 4.51. The van der Waals surface area contributed by atoms with Crippen LogP contribution in [0.4, 0.5) is 0 Å². The summed E-state index contributed by atoms with van der Waals surface area (Å²) in [7, 11) is 3.10. The van der Waals surface area contributed by atoms with Gasteiger partial charge in [0.1, 0.15) is 29.8 Å². The standard InChI is InChI=1S/C25H25ClN4O5S/c1-14(2)24-29-30-22(27)18(23(31)28-25(30)36-24)11-15-12-19(26)21(20(13-15)33-4)35-10-9-34-17-7-5-16(32-3)6-8-17/h5-8,11-14,27H,9-10H2,1-4H3.